The molecule has 0 aliphatic rings. The number of aryl methyl sites for hydroxylation is 1. The molecular formula is C26H33N3O3. The lowest BCUT2D eigenvalue weighted by atomic mass is 9.87. The summed E-state index contributed by atoms with van der Waals surface area (Å²) in [6, 6.07) is 12.4. The highest BCUT2D eigenvalue weighted by molar-refractivity contribution is 6.68. The zero-order valence-corrected chi connectivity index (χ0v) is 20.1. The summed E-state index contributed by atoms with van der Waals surface area (Å²) in [4.78, 5) is 44.6. The van der Waals surface area contributed by atoms with Gasteiger partial charge in [0.1, 0.15) is 0 Å². The third-order valence-electron chi connectivity index (χ3n) is 5.18. The first kappa shape index (κ1) is 25.0. The number of benzene rings is 2. The fourth-order valence-corrected chi connectivity index (χ4v) is 3.24. The van der Waals surface area contributed by atoms with Gasteiger partial charge in [0, 0.05) is 35.4 Å². The lowest BCUT2D eigenvalue weighted by molar-refractivity contribution is -0.121. The number of rotatable bonds is 8. The van der Waals surface area contributed by atoms with Crippen molar-refractivity contribution in [1.82, 2.24) is 0 Å². The van der Waals surface area contributed by atoms with Crippen LogP contribution in [0.15, 0.2) is 47.5 Å². The molecule has 0 atom stereocenters. The van der Waals surface area contributed by atoms with Crippen molar-refractivity contribution in [3.63, 3.8) is 0 Å². The molecule has 0 saturated carbocycles. The van der Waals surface area contributed by atoms with E-state index in [-0.39, 0.29) is 17.3 Å². The Morgan fingerprint density at radius 2 is 1.66 bits per heavy atom. The van der Waals surface area contributed by atoms with Gasteiger partial charge in [0.15, 0.2) is 17.3 Å². The van der Waals surface area contributed by atoms with Crippen molar-refractivity contribution in [1.29, 1.82) is 0 Å². The minimum absolute atomic E-state index is 0.107. The van der Waals surface area contributed by atoms with Gasteiger partial charge in [0.25, 0.3) is 5.91 Å². The number of hydrogen-bond acceptors (Lipinski definition) is 5. The number of hydrogen-bond donors (Lipinski definition) is 1. The molecular weight excluding hydrogens is 402 g/mol. The van der Waals surface area contributed by atoms with Crippen molar-refractivity contribution in [2.45, 2.75) is 48.5 Å². The molecule has 2 rings (SSSR count). The highest BCUT2D eigenvalue weighted by Crippen LogP contribution is 2.26. The van der Waals surface area contributed by atoms with E-state index < -0.39 is 11.3 Å². The molecule has 0 fully saturated rings. The van der Waals surface area contributed by atoms with Crippen LogP contribution in [0.5, 0.6) is 0 Å². The van der Waals surface area contributed by atoms with Gasteiger partial charge < -0.3 is 10.2 Å². The van der Waals surface area contributed by atoms with Crippen molar-refractivity contribution < 1.29 is 14.4 Å². The smallest absolute Gasteiger partial charge is 0.278 e. The number of Topliss-reactive ketones (excluding diaryl/α,β-unsaturated/α-hetero) is 2. The molecule has 0 bridgehead atoms. The summed E-state index contributed by atoms with van der Waals surface area (Å²) in [6.07, 6.45) is 0. The van der Waals surface area contributed by atoms with Crippen LogP contribution in [0.25, 0.3) is 0 Å². The summed E-state index contributed by atoms with van der Waals surface area (Å²) in [5.41, 5.74) is 2.48. The second-order valence-corrected chi connectivity index (χ2v) is 8.77. The number of carbonyl (C=O) groups is 3. The third kappa shape index (κ3) is 6.13. The molecule has 0 heterocycles. The van der Waals surface area contributed by atoms with Gasteiger partial charge in [-0.3, -0.25) is 14.4 Å². The van der Waals surface area contributed by atoms with E-state index in [4.69, 9.17) is 0 Å². The maximum absolute atomic E-state index is 13.1. The summed E-state index contributed by atoms with van der Waals surface area (Å²) < 4.78 is 0. The molecule has 0 radical (unpaired) electrons. The molecule has 6 nitrogen and oxygen atoms in total. The van der Waals surface area contributed by atoms with Crippen LogP contribution in [0.1, 0.15) is 57.5 Å². The Labute approximate surface area is 190 Å². The van der Waals surface area contributed by atoms with Crippen LogP contribution in [0, 0.1) is 12.3 Å². The largest absolute Gasteiger partial charge is 0.372 e. The third-order valence-corrected chi connectivity index (χ3v) is 5.18. The number of aliphatic imine (C=N–C) groups is 1. The summed E-state index contributed by atoms with van der Waals surface area (Å²) >= 11 is 0. The van der Waals surface area contributed by atoms with Gasteiger partial charge in [-0.25, -0.2) is 4.99 Å². The average molecular weight is 436 g/mol. The Balaban J connectivity index is 2.46. The van der Waals surface area contributed by atoms with E-state index in [0.29, 0.717) is 16.9 Å². The highest BCUT2D eigenvalue weighted by atomic mass is 16.2. The molecule has 0 aromatic heterocycles. The molecule has 32 heavy (non-hydrogen) atoms. The predicted octanol–water partition coefficient (Wildman–Crippen LogP) is 5.37. The van der Waals surface area contributed by atoms with Gasteiger partial charge in [-0.1, -0.05) is 32.9 Å². The quantitative estimate of drug-likeness (QED) is 0.343. The van der Waals surface area contributed by atoms with E-state index in [0.717, 1.165) is 24.3 Å². The average Bonchev–Trinajstić information content (AvgIpc) is 2.73. The van der Waals surface area contributed by atoms with Crippen molar-refractivity contribution in [3.8, 4) is 0 Å². The van der Waals surface area contributed by atoms with E-state index in [1.807, 2.05) is 25.1 Å². The number of nitrogens with zero attached hydrogens (tertiary/aromatic N) is 2. The lowest BCUT2D eigenvalue weighted by Gasteiger charge is -2.22. The molecule has 6 heteroatoms. The number of anilines is 2. The maximum Gasteiger partial charge on any atom is 0.278 e. The van der Waals surface area contributed by atoms with Gasteiger partial charge in [-0.15, -0.1) is 0 Å². The van der Waals surface area contributed by atoms with Crippen LogP contribution in [0.2, 0.25) is 0 Å². The lowest BCUT2D eigenvalue weighted by Crippen LogP contribution is -2.37. The Bertz CT molecular complexity index is 1040. The molecule has 170 valence electrons. The van der Waals surface area contributed by atoms with Crippen LogP contribution >= 0.6 is 0 Å². The zero-order chi connectivity index (χ0) is 24.1. The minimum atomic E-state index is -0.785. The van der Waals surface area contributed by atoms with Crippen molar-refractivity contribution in [2.75, 3.05) is 23.3 Å². The Hall–Kier alpha value is -3.28. The Morgan fingerprint density at radius 3 is 2.19 bits per heavy atom. The predicted molar refractivity (Wildman–Crippen MR) is 131 cm³/mol. The van der Waals surface area contributed by atoms with Crippen molar-refractivity contribution in [3.05, 3.63) is 53.6 Å². The summed E-state index contributed by atoms with van der Waals surface area (Å²) in [5.74, 6) is -1.06. The van der Waals surface area contributed by atoms with E-state index in [9.17, 15) is 14.4 Å². The number of nitrogens with one attached hydrogen (secondary N) is 1. The monoisotopic (exact) mass is 435 g/mol. The van der Waals surface area contributed by atoms with E-state index in [2.05, 4.69) is 29.1 Å². The summed E-state index contributed by atoms with van der Waals surface area (Å²) in [5, 5.41) is 2.73. The van der Waals surface area contributed by atoms with Crippen LogP contribution in [-0.4, -0.2) is 36.3 Å². The minimum Gasteiger partial charge on any atom is -0.372 e. The SMILES string of the molecule is CCN(CC)c1ccc(N=C(C(=O)Nc2cccc(C(C)=O)c2)C(=O)C(C)(C)C)c(C)c1. The molecule has 0 saturated heterocycles. The van der Waals surface area contributed by atoms with E-state index >= 15 is 0 Å². The van der Waals surface area contributed by atoms with Crippen LogP contribution in [0.3, 0.4) is 0 Å². The number of ketones is 2. The molecule has 2 aromatic rings. The zero-order valence-electron chi connectivity index (χ0n) is 20.1. The molecule has 1 amide bonds. The Morgan fingerprint density at radius 1 is 1.00 bits per heavy atom. The number of amides is 1. The molecule has 0 aliphatic carbocycles. The van der Waals surface area contributed by atoms with E-state index in [1.54, 1.807) is 45.0 Å². The fourth-order valence-electron chi connectivity index (χ4n) is 3.24. The molecule has 1 N–H and O–H groups in total. The first-order valence-corrected chi connectivity index (χ1v) is 10.9. The molecule has 2 aromatic carbocycles. The van der Waals surface area contributed by atoms with Gasteiger partial charge in [-0.2, -0.15) is 0 Å². The van der Waals surface area contributed by atoms with Crippen molar-refractivity contribution >= 4 is 40.2 Å². The topological polar surface area (TPSA) is 78.8 Å². The van der Waals surface area contributed by atoms with Gasteiger partial charge in [0.05, 0.1) is 5.69 Å². The van der Waals surface area contributed by atoms with E-state index in [1.165, 1.54) is 6.92 Å². The maximum atomic E-state index is 13.1. The second-order valence-electron chi connectivity index (χ2n) is 8.77. The van der Waals surface area contributed by atoms with Crippen LogP contribution in [0.4, 0.5) is 17.1 Å². The Kier molecular flexibility index (Phi) is 8.08. The second kappa shape index (κ2) is 10.4. The van der Waals surface area contributed by atoms with Gasteiger partial charge in [0.2, 0.25) is 0 Å². The van der Waals surface area contributed by atoms with Crippen molar-refractivity contribution in [2.24, 2.45) is 10.4 Å². The van der Waals surface area contributed by atoms with Crippen LogP contribution < -0.4 is 10.2 Å². The standard InChI is InChI=1S/C26H33N3O3/c1-8-29(9-2)21-13-14-22(17(3)15-21)28-23(24(31)26(5,6)7)25(32)27-20-12-10-11-19(16-20)18(4)30/h10-16H,8-9H2,1-7H3,(H,27,32). The molecule has 0 unspecified atom stereocenters. The highest BCUT2D eigenvalue weighted by Gasteiger charge is 2.31. The summed E-state index contributed by atoms with van der Waals surface area (Å²) in [6.45, 7) is 14.6. The fraction of sp³-hybridized carbons (Fsp3) is 0.385. The molecule has 0 spiro atoms. The van der Waals surface area contributed by atoms with Gasteiger partial charge >= 0.3 is 0 Å². The normalized spacial score (nSPS) is 11.8. The summed E-state index contributed by atoms with van der Waals surface area (Å²) in [7, 11) is 0. The number of carbonyl (C=O) groups excluding carboxylic acids is 3. The van der Waals surface area contributed by atoms with Gasteiger partial charge in [-0.05, 0) is 63.6 Å². The first-order valence-electron chi connectivity index (χ1n) is 10.9. The first-order chi connectivity index (χ1) is 15.0. The van der Waals surface area contributed by atoms with Crippen LogP contribution in [-0.2, 0) is 9.59 Å². The molecule has 0 aliphatic heterocycles.